The highest BCUT2D eigenvalue weighted by Crippen LogP contribution is 2.43. The first-order valence-corrected chi connectivity index (χ1v) is 8.27. The predicted molar refractivity (Wildman–Crippen MR) is 90.5 cm³/mol. The van der Waals surface area contributed by atoms with E-state index in [9.17, 15) is 20.4 Å². The third kappa shape index (κ3) is 4.44. The highest BCUT2D eigenvalue weighted by molar-refractivity contribution is 5.00. The molecule has 4 nitrogen and oxygen atoms in total. The summed E-state index contributed by atoms with van der Waals surface area (Å²) < 4.78 is 0. The van der Waals surface area contributed by atoms with Crippen LogP contribution in [0.15, 0.2) is 0 Å². The Balaban J connectivity index is 5.49. The molecule has 134 valence electrons. The van der Waals surface area contributed by atoms with Gasteiger partial charge in [-0.3, -0.25) is 0 Å². The lowest BCUT2D eigenvalue weighted by Crippen LogP contribution is -2.57. The van der Waals surface area contributed by atoms with Gasteiger partial charge in [-0.2, -0.15) is 0 Å². The van der Waals surface area contributed by atoms with Gasteiger partial charge < -0.3 is 20.4 Å². The third-order valence-corrected chi connectivity index (χ3v) is 6.47. The molecule has 0 aromatic rings. The van der Waals surface area contributed by atoms with Crippen molar-refractivity contribution >= 4 is 0 Å². The minimum absolute atomic E-state index is 0.270. The summed E-state index contributed by atoms with van der Waals surface area (Å²) in [4.78, 5) is 0. The first-order chi connectivity index (χ1) is 9.37. The first-order valence-electron chi connectivity index (χ1n) is 8.27. The van der Waals surface area contributed by atoms with Crippen molar-refractivity contribution in [2.45, 2.75) is 91.6 Å². The molecule has 0 aliphatic heterocycles. The molecule has 0 rings (SSSR count). The molecule has 6 atom stereocenters. The van der Waals surface area contributed by atoms with E-state index in [1.54, 1.807) is 41.5 Å². The summed E-state index contributed by atoms with van der Waals surface area (Å²) in [5.74, 6) is -1.28. The fraction of sp³-hybridized carbons (Fsp3) is 1.00. The molecule has 4 heteroatoms. The molecule has 6 unspecified atom stereocenters. The molecule has 0 aromatic carbocycles. The average molecular weight is 318 g/mol. The second-order valence-electron chi connectivity index (χ2n) is 8.78. The van der Waals surface area contributed by atoms with Crippen LogP contribution in [0.5, 0.6) is 0 Å². The summed E-state index contributed by atoms with van der Waals surface area (Å²) in [6.45, 7) is 17.6. The van der Waals surface area contributed by atoms with Gasteiger partial charge in [0.1, 0.15) is 0 Å². The lowest BCUT2D eigenvalue weighted by Gasteiger charge is -2.50. The van der Waals surface area contributed by atoms with Crippen LogP contribution in [0.1, 0.15) is 69.2 Å². The third-order valence-electron chi connectivity index (χ3n) is 6.47. The summed E-state index contributed by atoms with van der Waals surface area (Å²) in [7, 11) is 0. The zero-order chi connectivity index (χ0) is 18.3. The molecule has 0 aliphatic carbocycles. The van der Waals surface area contributed by atoms with Gasteiger partial charge in [0.2, 0.25) is 0 Å². The van der Waals surface area contributed by atoms with Gasteiger partial charge in [0.25, 0.3) is 0 Å². The van der Waals surface area contributed by atoms with Crippen LogP contribution in [-0.2, 0) is 0 Å². The van der Waals surface area contributed by atoms with Crippen LogP contribution in [0.25, 0.3) is 0 Å². The van der Waals surface area contributed by atoms with E-state index in [0.717, 1.165) is 0 Å². The first kappa shape index (κ1) is 21.8. The summed E-state index contributed by atoms with van der Waals surface area (Å²) in [5.41, 5.74) is -4.35. The summed E-state index contributed by atoms with van der Waals surface area (Å²) in [6.07, 6.45) is 0. The molecule has 0 radical (unpaired) electrons. The molecule has 0 aromatic heterocycles. The van der Waals surface area contributed by atoms with Gasteiger partial charge in [0, 0.05) is 11.8 Å². The Morgan fingerprint density at radius 1 is 0.500 bits per heavy atom. The Morgan fingerprint density at radius 3 is 0.818 bits per heavy atom. The second kappa shape index (κ2) is 6.39. The molecular formula is C18H38O4. The van der Waals surface area contributed by atoms with E-state index in [1.807, 2.05) is 27.7 Å². The van der Waals surface area contributed by atoms with Crippen LogP contribution < -0.4 is 0 Å². The molecule has 0 spiro atoms. The van der Waals surface area contributed by atoms with Crippen molar-refractivity contribution in [3.63, 3.8) is 0 Å². The summed E-state index contributed by atoms with van der Waals surface area (Å²) in [6, 6.07) is 0. The van der Waals surface area contributed by atoms with E-state index in [2.05, 4.69) is 0 Å². The van der Waals surface area contributed by atoms with Crippen LogP contribution in [0.2, 0.25) is 0 Å². The van der Waals surface area contributed by atoms with Crippen LogP contribution in [0.4, 0.5) is 0 Å². The zero-order valence-electron chi connectivity index (χ0n) is 16.1. The highest BCUT2D eigenvalue weighted by Gasteiger charge is 2.50. The van der Waals surface area contributed by atoms with Gasteiger partial charge in [-0.25, -0.2) is 0 Å². The molecule has 4 N–H and O–H groups in total. The van der Waals surface area contributed by atoms with Crippen LogP contribution in [0.3, 0.4) is 0 Å². The topological polar surface area (TPSA) is 80.9 Å². The summed E-state index contributed by atoms with van der Waals surface area (Å²) >= 11 is 0. The molecule has 0 saturated carbocycles. The van der Waals surface area contributed by atoms with Crippen molar-refractivity contribution in [1.29, 1.82) is 0 Å². The molecular weight excluding hydrogens is 280 g/mol. The van der Waals surface area contributed by atoms with Crippen molar-refractivity contribution in [1.82, 2.24) is 0 Å². The van der Waals surface area contributed by atoms with E-state index < -0.39 is 22.4 Å². The number of hydrogen-bond donors (Lipinski definition) is 4. The molecule has 22 heavy (non-hydrogen) atoms. The minimum Gasteiger partial charge on any atom is -0.390 e. The van der Waals surface area contributed by atoms with Crippen LogP contribution in [0, 0.1) is 23.7 Å². The van der Waals surface area contributed by atoms with Crippen molar-refractivity contribution in [3.8, 4) is 0 Å². The van der Waals surface area contributed by atoms with Gasteiger partial charge >= 0.3 is 0 Å². The van der Waals surface area contributed by atoms with Gasteiger partial charge in [0.05, 0.1) is 22.4 Å². The molecule has 0 bridgehead atoms. The van der Waals surface area contributed by atoms with E-state index in [-0.39, 0.29) is 23.7 Å². The van der Waals surface area contributed by atoms with Crippen molar-refractivity contribution < 1.29 is 20.4 Å². The Morgan fingerprint density at radius 2 is 0.682 bits per heavy atom. The fourth-order valence-electron chi connectivity index (χ4n) is 3.23. The molecule has 0 amide bonds. The van der Waals surface area contributed by atoms with E-state index in [0.29, 0.717) is 0 Å². The smallest absolute Gasteiger partial charge is 0.0701 e. The second-order valence-corrected chi connectivity index (χ2v) is 8.78. The largest absolute Gasteiger partial charge is 0.390 e. The minimum atomic E-state index is -1.15. The number of rotatable bonds is 7. The Labute approximate surface area is 136 Å². The van der Waals surface area contributed by atoms with E-state index in [4.69, 9.17) is 0 Å². The van der Waals surface area contributed by atoms with Crippen molar-refractivity contribution in [2.75, 3.05) is 0 Å². The predicted octanol–water partition coefficient (Wildman–Crippen LogP) is 2.57. The average Bonchev–Trinajstić information content (AvgIpc) is 2.32. The molecule has 0 saturated heterocycles. The fourth-order valence-corrected chi connectivity index (χ4v) is 3.23. The maximum Gasteiger partial charge on any atom is 0.0701 e. The van der Waals surface area contributed by atoms with Gasteiger partial charge in [0.15, 0.2) is 0 Å². The maximum atomic E-state index is 11.0. The van der Waals surface area contributed by atoms with Crippen molar-refractivity contribution in [2.24, 2.45) is 23.7 Å². The zero-order valence-corrected chi connectivity index (χ0v) is 16.1. The highest BCUT2D eigenvalue weighted by atomic mass is 16.3. The van der Waals surface area contributed by atoms with E-state index in [1.165, 1.54) is 0 Å². The SMILES string of the molecule is CC(C(C)C(C)(O)C(C)C(C)(C)O)C(C)(O)C(C)C(C)(C)O. The lowest BCUT2D eigenvalue weighted by atomic mass is 9.62. The molecule has 0 fully saturated rings. The number of aliphatic hydroxyl groups is 4. The maximum absolute atomic E-state index is 11.0. The molecule has 0 heterocycles. The monoisotopic (exact) mass is 318 g/mol. The van der Waals surface area contributed by atoms with E-state index >= 15 is 0 Å². The summed E-state index contributed by atoms with van der Waals surface area (Å²) in [5, 5.41) is 42.4. The standard InChI is InChI=1S/C18H38O4/c1-11(17(9,21)13(3)15(5,6)19)12(2)18(10,22)14(4)16(7,8)20/h11-14,19-22H,1-10H3. The lowest BCUT2D eigenvalue weighted by molar-refractivity contribution is -0.176. The van der Waals surface area contributed by atoms with Crippen molar-refractivity contribution in [3.05, 3.63) is 0 Å². The van der Waals surface area contributed by atoms with Gasteiger partial charge in [-0.1, -0.05) is 27.7 Å². The number of hydrogen-bond acceptors (Lipinski definition) is 4. The van der Waals surface area contributed by atoms with Gasteiger partial charge in [-0.05, 0) is 53.4 Å². The molecule has 0 aliphatic rings. The Kier molecular flexibility index (Phi) is 6.34. The normalized spacial score (nSPS) is 24.8. The van der Waals surface area contributed by atoms with Gasteiger partial charge in [-0.15, -0.1) is 0 Å². The quantitative estimate of drug-likeness (QED) is 0.581. The Hall–Kier alpha value is -0.160. The van der Waals surface area contributed by atoms with Crippen LogP contribution >= 0.6 is 0 Å². The van der Waals surface area contributed by atoms with Crippen LogP contribution in [-0.4, -0.2) is 42.8 Å². The Bertz CT molecular complexity index is 324.